The molecule has 0 saturated heterocycles. The van der Waals surface area contributed by atoms with E-state index in [1.165, 1.54) is 0 Å². The highest BCUT2D eigenvalue weighted by Gasteiger charge is 2.11. The number of primary amides is 1. The minimum absolute atomic E-state index is 0.0591. The molecule has 0 aliphatic heterocycles. The minimum Gasteiger partial charge on any atom is -0.445 e. The van der Waals surface area contributed by atoms with Crippen LogP contribution in [0.15, 0.2) is 42.5 Å². The van der Waals surface area contributed by atoms with E-state index in [-0.39, 0.29) is 13.2 Å². The van der Waals surface area contributed by atoms with Crippen LogP contribution in [0.1, 0.15) is 16.7 Å². The van der Waals surface area contributed by atoms with Gasteiger partial charge in [0.2, 0.25) is 0 Å². The van der Waals surface area contributed by atoms with Crippen molar-refractivity contribution >= 4 is 6.09 Å². The lowest BCUT2D eigenvalue weighted by Gasteiger charge is -2.11. The van der Waals surface area contributed by atoms with Crippen LogP contribution < -0.4 is 5.73 Å². The van der Waals surface area contributed by atoms with Crippen LogP contribution in [0.25, 0.3) is 0 Å². The maximum absolute atomic E-state index is 13.3. The normalized spacial score (nSPS) is 10.5. The Morgan fingerprint density at radius 1 is 0.955 bits per heavy atom. The van der Waals surface area contributed by atoms with Crippen molar-refractivity contribution in [1.82, 2.24) is 0 Å². The molecule has 0 spiro atoms. The highest BCUT2D eigenvalue weighted by atomic mass is 19.2. The van der Waals surface area contributed by atoms with Gasteiger partial charge in [-0.15, -0.1) is 0 Å². The number of halogens is 2. The molecule has 0 unspecified atom stereocenters. The SMILES string of the molecule is NC(=O)OCc1cc(F)c(F)cc1COCc1ccccc1. The molecule has 6 heteroatoms. The van der Waals surface area contributed by atoms with Crippen molar-refractivity contribution < 1.29 is 23.0 Å². The monoisotopic (exact) mass is 307 g/mol. The first-order chi connectivity index (χ1) is 10.6. The second-order valence-corrected chi connectivity index (χ2v) is 4.62. The van der Waals surface area contributed by atoms with Crippen molar-refractivity contribution in [3.05, 3.63) is 70.8 Å². The summed E-state index contributed by atoms with van der Waals surface area (Å²) in [6.45, 7) is 0.149. The van der Waals surface area contributed by atoms with E-state index in [1.807, 2.05) is 30.3 Å². The third kappa shape index (κ3) is 4.53. The second-order valence-electron chi connectivity index (χ2n) is 4.62. The number of rotatable bonds is 6. The minimum atomic E-state index is -1.02. The predicted molar refractivity (Wildman–Crippen MR) is 75.7 cm³/mol. The van der Waals surface area contributed by atoms with Crippen molar-refractivity contribution in [2.24, 2.45) is 5.73 Å². The molecule has 0 bridgehead atoms. The van der Waals surface area contributed by atoms with Gasteiger partial charge in [0.1, 0.15) is 6.61 Å². The molecule has 0 aliphatic carbocycles. The molecule has 2 N–H and O–H groups in total. The zero-order valence-corrected chi connectivity index (χ0v) is 11.7. The molecule has 0 heterocycles. The number of hydrogen-bond acceptors (Lipinski definition) is 3. The predicted octanol–water partition coefficient (Wildman–Crippen LogP) is 3.28. The number of carbonyl (C=O) groups is 1. The van der Waals surface area contributed by atoms with Crippen LogP contribution >= 0.6 is 0 Å². The van der Waals surface area contributed by atoms with Crippen LogP contribution in [0.4, 0.5) is 13.6 Å². The fourth-order valence-corrected chi connectivity index (χ4v) is 1.90. The van der Waals surface area contributed by atoms with Gasteiger partial charge in [-0.2, -0.15) is 0 Å². The average molecular weight is 307 g/mol. The first-order valence-electron chi connectivity index (χ1n) is 6.57. The first kappa shape index (κ1) is 15.9. The van der Waals surface area contributed by atoms with Crippen molar-refractivity contribution in [3.63, 3.8) is 0 Å². The molecule has 2 aromatic rings. The Balaban J connectivity index is 2.04. The van der Waals surface area contributed by atoms with Crippen molar-refractivity contribution in [3.8, 4) is 0 Å². The summed E-state index contributed by atoms with van der Waals surface area (Å²) in [5.74, 6) is -2.00. The van der Waals surface area contributed by atoms with Gasteiger partial charge >= 0.3 is 6.09 Å². The molecule has 0 fully saturated rings. The van der Waals surface area contributed by atoms with Gasteiger partial charge < -0.3 is 15.2 Å². The summed E-state index contributed by atoms with van der Waals surface area (Å²) < 4.78 is 36.7. The van der Waals surface area contributed by atoms with Crippen LogP contribution in [-0.2, 0) is 29.3 Å². The van der Waals surface area contributed by atoms with E-state index in [1.54, 1.807) is 0 Å². The lowest BCUT2D eigenvalue weighted by atomic mass is 10.1. The van der Waals surface area contributed by atoms with Crippen molar-refractivity contribution in [2.75, 3.05) is 0 Å². The number of nitrogens with two attached hydrogens (primary N) is 1. The first-order valence-corrected chi connectivity index (χ1v) is 6.57. The summed E-state index contributed by atoms with van der Waals surface area (Å²) in [5, 5.41) is 0. The Bertz CT molecular complexity index is 647. The molecule has 0 atom stereocenters. The fourth-order valence-electron chi connectivity index (χ4n) is 1.90. The summed E-state index contributed by atoms with van der Waals surface area (Å²) in [5.41, 5.74) is 6.54. The molecule has 4 nitrogen and oxygen atoms in total. The summed E-state index contributed by atoms with van der Waals surface area (Å²) >= 11 is 0. The molecule has 0 aliphatic rings. The number of hydrogen-bond donors (Lipinski definition) is 1. The van der Waals surface area contributed by atoms with Crippen LogP contribution in [0.3, 0.4) is 0 Å². The summed E-state index contributed by atoms with van der Waals surface area (Å²) in [6.07, 6.45) is -0.985. The highest BCUT2D eigenvalue weighted by molar-refractivity contribution is 5.64. The smallest absolute Gasteiger partial charge is 0.404 e. The molecule has 0 radical (unpaired) electrons. The fraction of sp³-hybridized carbons (Fsp3) is 0.188. The largest absolute Gasteiger partial charge is 0.445 e. The second kappa shape index (κ2) is 7.51. The number of amides is 1. The summed E-state index contributed by atoms with van der Waals surface area (Å²) in [7, 11) is 0. The molecule has 0 saturated carbocycles. The van der Waals surface area contributed by atoms with Gasteiger partial charge in [-0.05, 0) is 28.8 Å². The standard InChI is InChI=1S/C16H15F2NO3/c17-14-6-12(9-21-8-11-4-2-1-3-5-11)13(7-15(14)18)10-22-16(19)20/h1-7H,8-10H2,(H2,19,20). The van der Waals surface area contributed by atoms with Gasteiger partial charge in [-0.1, -0.05) is 30.3 Å². The van der Waals surface area contributed by atoms with E-state index in [2.05, 4.69) is 4.74 Å². The molecular weight excluding hydrogens is 292 g/mol. The summed E-state index contributed by atoms with van der Waals surface area (Å²) in [6, 6.07) is 11.4. The number of carbonyl (C=O) groups excluding carboxylic acids is 1. The molecule has 2 rings (SSSR count). The van der Waals surface area contributed by atoms with E-state index in [4.69, 9.17) is 10.5 Å². The Kier molecular flexibility index (Phi) is 5.43. The van der Waals surface area contributed by atoms with E-state index >= 15 is 0 Å². The van der Waals surface area contributed by atoms with E-state index in [0.717, 1.165) is 17.7 Å². The molecule has 2 aromatic carbocycles. The lowest BCUT2D eigenvalue weighted by molar-refractivity contribution is 0.104. The van der Waals surface area contributed by atoms with Gasteiger partial charge in [0.25, 0.3) is 0 Å². The molecular formula is C16H15F2NO3. The van der Waals surface area contributed by atoms with Gasteiger partial charge in [-0.25, -0.2) is 13.6 Å². The molecule has 0 aromatic heterocycles. The van der Waals surface area contributed by atoms with Crippen LogP contribution in [0, 0.1) is 11.6 Å². The van der Waals surface area contributed by atoms with Crippen molar-refractivity contribution in [2.45, 2.75) is 19.8 Å². The summed E-state index contributed by atoms with van der Waals surface area (Å²) in [4.78, 5) is 10.6. The Labute approximate surface area is 126 Å². The van der Waals surface area contributed by atoms with Crippen LogP contribution in [-0.4, -0.2) is 6.09 Å². The van der Waals surface area contributed by atoms with Gasteiger partial charge in [-0.3, -0.25) is 0 Å². The Morgan fingerprint density at radius 3 is 2.14 bits per heavy atom. The maximum Gasteiger partial charge on any atom is 0.404 e. The average Bonchev–Trinajstić information content (AvgIpc) is 2.50. The quantitative estimate of drug-likeness (QED) is 0.891. The highest BCUT2D eigenvalue weighted by Crippen LogP contribution is 2.18. The van der Waals surface area contributed by atoms with E-state index in [9.17, 15) is 13.6 Å². The van der Waals surface area contributed by atoms with Crippen LogP contribution in [0.5, 0.6) is 0 Å². The van der Waals surface area contributed by atoms with E-state index in [0.29, 0.717) is 17.7 Å². The molecule has 116 valence electrons. The number of benzene rings is 2. The molecule has 22 heavy (non-hydrogen) atoms. The zero-order valence-electron chi connectivity index (χ0n) is 11.7. The third-order valence-electron chi connectivity index (χ3n) is 2.98. The topological polar surface area (TPSA) is 61.6 Å². The Morgan fingerprint density at radius 2 is 1.55 bits per heavy atom. The van der Waals surface area contributed by atoms with Crippen molar-refractivity contribution in [1.29, 1.82) is 0 Å². The Hall–Kier alpha value is -2.47. The lowest BCUT2D eigenvalue weighted by Crippen LogP contribution is -2.14. The maximum atomic E-state index is 13.3. The van der Waals surface area contributed by atoms with Gasteiger partial charge in [0.15, 0.2) is 11.6 Å². The number of ether oxygens (including phenoxy) is 2. The van der Waals surface area contributed by atoms with Gasteiger partial charge in [0.05, 0.1) is 13.2 Å². The third-order valence-corrected chi connectivity index (χ3v) is 2.98. The van der Waals surface area contributed by atoms with Gasteiger partial charge in [0, 0.05) is 0 Å². The zero-order chi connectivity index (χ0) is 15.9. The molecule has 1 amide bonds. The van der Waals surface area contributed by atoms with E-state index < -0.39 is 17.7 Å². The van der Waals surface area contributed by atoms with Crippen LogP contribution in [0.2, 0.25) is 0 Å².